The van der Waals surface area contributed by atoms with Crippen molar-refractivity contribution >= 4 is 28.0 Å². The maximum Gasteiger partial charge on any atom is 0.327 e. The predicted molar refractivity (Wildman–Crippen MR) is 103 cm³/mol. The maximum absolute atomic E-state index is 11.7. The fourth-order valence-corrected chi connectivity index (χ4v) is 3.25. The second-order valence-corrected chi connectivity index (χ2v) is 8.30. The highest BCUT2D eigenvalue weighted by Crippen LogP contribution is 2.10. The molecule has 0 fully saturated rings. The fraction of sp³-hybridized carbons (Fsp3) is 0.833. The number of carbonyl (C=O) groups excluding carboxylic acids is 2. The van der Waals surface area contributed by atoms with E-state index in [0.717, 1.165) is 19.3 Å². The van der Waals surface area contributed by atoms with Gasteiger partial charge in [0.15, 0.2) is 5.25 Å². The van der Waals surface area contributed by atoms with Crippen LogP contribution in [0.2, 0.25) is 0 Å². The number of ether oxygens (including phenoxy) is 1. The first-order valence-electron chi connectivity index (χ1n) is 9.80. The van der Waals surface area contributed by atoms with E-state index in [1.54, 1.807) is 0 Å². The molecule has 1 atom stereocenters. The molecule has 0 heterocycles. The van der Waals surface area contributed by atoms with Gasteiger partial charge in [-0.25, -0.2) is 0 Å². The summed E-state index contributed by atoms with van der Waals surface area (Å²) < 4.78 is 35.6. The number of aliphatic carboxylic acids is 1. The van der Waals surface area contributed by atoms with Crippen molar-refractivity contribution in [3.63, 3.8) is 0 Å². The number of hydrogen-bond acceptors (Lipinski definition) is 6. The van der Waals surface area contributed by atoms with Crippen molar-refractivity contribution in [2.75, 3.05) is 13.2 Å². The average Bonchev–Trinajstić information content (AvgIpc) is 2.60. The van der Waals surface area contributed by atoms with Crippen molar-refractivity contribution in [1.29, 1.82) is 0 Å². The second kappa shape index (κ2) is 15.3. The third kappa shape index (κ3) is 14.4. The summed E-state index contributed by atoms with van der Waals surface area (Å²) in [7, 11) is -4.88. The highest BCUT2D eigenvalue weighted by Gasteiger charge is 2.34. The molecule has 3 N–H and O–H groups in total. The largest absolute Gasteiger partial charge is 0.481 e. The van der Waals surface area contributed by atoms with Crippen LogP contribution in [0.4, 0.5) is 0 Å². The standard InChI is InChI=1S/C18H33NO8S/c1-2-3-4-5-6-7-8-9-10-11-16(20)19-12-13-27-18(23)15(14-17(21)22)28(24,25)26/h15H,2-14H2,1H3,(H,19,20)(H,21,22)(H,24,25,26)/t15-/m1/s1. The quantitative estimate of drug-likeness (QED) is 0.183. The highest BCUT2D eigenvalue weighted by atomic mass is 32.2. The molecule has 0 aliphatic heterocycles. The minimum absolute atomic E-state index is 0.0206. The van der Waals surface area contributed by atoms with Crippen molar-refractivity contribution in [2.24, 2.45) is 0 Å². The molecule has 0 aromatic heterocycles. The smallest absolute Gasteiger partial charge is 0.327 e. The summed E-state index contributed by atoms with van der Waals surface area (Å²) in [5.41, 5.74) is 0. The van der Waals surface area contributed by atoms with Gasteiger partial charge in [-0.3, -0.25) is 18.9 Å². The van der Waals surface area contributed by atoms with Crippen LogP contribution in [0.5, 0.6) is 0 Å². The van der Waals surface area contributed by atoms with Crippen LogP contribution in [0.1, 0.15) is 77.6 Å². The molecule has 0 radical (unpaired) electrons. The fourth-order valence-electron chi connectivity index (χ4n) is 2.59. The van der Waals surface area contributed by atoms with E-state index in [1.807, 2.05) is 0 Å². The lowest BCUT2D eigenvalue weighted by molar-refractivity contribution is -0.147. The van der Waals surface area contributed by atoms with Gasteiger partial charge in [0.05, 0.1) is 13.0 Å². The van der Waals surface area contributed by atoms with E-state index >= 15 is 0 Å². The van der Waals surface area contributed by atoms with Crippen LogP contribution in [-0.2, 0) is 29.2 Å². The molecule has 0 saturated carbocycles. The van der Waals surface area contributed by atoms with Crippen LogP contribution < -0.4 is 5.32 Å². The molecule has 1 amide bonds. The normalized spacial score (nSPS) is 12.4. The monoisotopic (exact) mass is 423 g/mol. The van der Waals surface area contributed by atoms with Gasteiger partial charge in [-0.15, -0.1) is 0 Å². The lowest BCUT2D eigenvalue weighted by atomic mass is 10.1. The molecule has 0 saturated heterocycles. The van der Waals surface area contributed by atoms with Crippen molar-refractivity contribution < 1.29 is 37.2 Å². The van der Waals surface area contributed by atoms with Gasteiger partial charge in [0, 0.05) is 6.42 Å². The predicted octanol–water partition coefficient (Wildman–Crippen LogP) is 2.30. The molecule has 0 aromatic rings. The van der Waals surface area contributed by atoms with Gasteiger partial charge in [-0.1, -0.05) is 58.3 Å². The minimum atomic E-state index is -4.88. The Labute approximate surface area is 167 Å². The summed E-state index contributed by atoms with van der Waals surface area (Å²) in [6, 6.07) is 0. The van der Waals surface area contributed by atoms with Crippen LogP contribution in [-0.4, -0.2) is 54.3 Å². The first-order valence-corrected chi connectivity index (χ1v) is 11.3. The molecule has 0 aliphatic carbocycles. The molecule has 0 bridgehead atoms. The zero-order valence-electron chi connectivity index (χ0n) is 16.5. The van der Waals surface area contributed by atoms with Crippen LogP contribution >= 0.6 is 0 Å². The van der Waals surface area contributed by atoms with Gasteiger partial charge in [-0.2, -0.15) is 8.42 Å². The Morgan fingerprint density at radius 3 is 2.00 bits per heavy atom. The highest BCUT2D eigenvalue weighted by molar-refractivity contribution is 7.87. The van der Waals surface area contributed by atoms with Crippen LogP contribution in [0.15, 0.2) is 0 Å². The third-order valence-electron chi connectivity index (χ3n) is 4.16. The van der Waals surface area contributed by atoms with E-state index in [-0.39, 0.29) is 19.1 Å². The number of rotatable bonds is 17. The van der Waals surface area contributed by atoms with Crippen molar-refractivity contribution in [3.05, 3.63) is 0 Å². The summed E-state index contributed by atoms with van der Waals surface area (Å²) in [4.78, 5) is 33.8. The Bertz CT molecular complexity index is 576. The van der Waals surface area contributed by atoms with E-state index in [0.29, 0.717) is 6.42 Å². The van der Waals surface area contributed by atoms with E-state index in [1.165, 1.54) is 38.5 Å². The van der Waals surface area contributed by atoms with Crippen molar-refractivity contribution in [2.45, 2.75) is 82.8 Å². The van der Waals surface area contributed by atoms with Crippen molar-refractivity contribution in [1.82, 2.24) is 5.32 Å². The molecular formula is C18H33NO8S. The van der Waals surface area contributed by atoms with Gasteiger partial charge < -0.3 is 15.2 Å². The Hall–Kier alpha value is -1.68. The van der Waals surface area contributed by atoms with Gasteiger partial charge in [-0.05, 0) is 6.42 Å². The Morgan fingerprint density at radius 2 is 1.50 bits per heavy atom. The zero-order chi connectivity index (χ0) is 21.4. The van der Waals surface area contributed by atoms with Gasteiger partial charge in [0.1, 0.15) is 6.61 Å². The molecule has 0 rings (SSSR count). The summed E-state index contributed by atoms with van der Waals surface area (Å²) in [6.07, 6.45) is 9.56. The number of unbranched alkanes of at least 4 members (excludes halogenated alkanes) is 8. The van der Waals surface area contributed by atoms with Crippen LogP contribution in [0, 0.1) is 0 Å². The Kier molecular flexibility index (Phi) is 14.4. The molecule has 0 aromatic carbocycles. The molecular weight excluding hydrogens is 390 g/mol. The second-order valence-electron chi connectivity index (χ2n) is 6.70. The SMILES string of the molecule is CCCCCCCCCCCC(=O)NCCOC(=O)[C@@H](CC(=O)O)S(=O)(=O)O. The Morgan fingerprint density at radius 1 is 0.964 bits per heavy atom. The summed E-state index contributed by atoms with van der Waals surface area (Å²) in [6.45, 7) is 1.85. The van der Waals surface area contributed by atoms with E-state index < -0.39 is 33.7 Å². The topological polar surface area (TPSA) is 147 Å². The Balaban J connectivity index is 3.80. The lowest BCUT2D eigenvalue weighted by Crippen LogP contribution is -2.36. The number of carboxylic acid groups (broad SMARTS) is 1. The van der Waals surface area contributed by atoms with E-state index in [9.17, 15) is 22.8 Å². The molecule has 0 unspecified atom stereocenters. The first kappa shape index (κ1) is 26.3. The van der Waals surface area contributed by atoms with E-state index in [2.05, 4.69) is 17.0 Å². The van der Waals surface area contributed by atoms with Crippen LogP contribution in [0.3, 0.4) is 0 Å². The number of hydrogen-bond donors (Lipinski definition) is 3. The zero-order valence-corrected chi connectivity index (χ0v) is 17.3. The number of carboxylic acids is 1. The number of nitrogens with one attached hydrogen (secondary N) is 1. The first-order chi connectivity index (χ1) is 13.2. The summed E-state index contributed by atoms with van der Waals surface area (Å²) >= 11 is 0. The minimum Gasteiger partial charge on any atom is -0.481 e. The molecule has 9 nitrogen and oxygen atoms in total. The summed E-state index contributed by atoms with van der Waals surface area (Å²) in [5.74, 6) is -3.12. The van der Waals surface area contributed by atoms with Gasteiger partial charge >= 0.3 is 11.9 Å². The van der Waals surface area contributed by atoms with Crippen molar-refractivity contribution in [3.8, 4) is 0 Å². The third-order valence-corrected chi connectivity index (χ3v) is 5.24. The average molecular weight is 424 g/mol. The number of carbonyl (C=O) groups is 3. The van der Waals surface area contributed by atoms with Gasteiger partial charge in [0.25, 0.3) is 10.1 Å². The number of amides is 1. The van der Waals surface area contributed by atoms with Crippen LogP contribution in [0.25, 0.3) is 0 Å². The van der Waals surface area contributed by atoms with E-state index in [4.69, 9.17) is 9.66 Å². The van der Waals surface area contributed by atoms with Gasteiger partial charge in [0.2, 0.25) is 5.91 Å². The number of esters is 1. The molecule has 164 valence electrons. The molecule has 0 spiro atoms. The molecule has 10 heteroatoms. The molecule has 0 aliphatic rings. The lowest BCUT2D eigenvalue weighted by Gasteiger charge is -2.12. The summed E-state index contributed by atoms with van der Waals surface area (Å²) in [5, 5.41) is 8.94. The molecule has 28 heavy (non-hydrogen) atoms. The maximum atomic E-state index is 11.7.